The van der Waals surface area contributed by atoms with Gasteiger partial charge in [-0.15, -0.1) is 11.8 Å². The molecule has 0 spiro atoms. The lowest BCUT2D eigenvalue weighted by molar-refractivity contribution is -0.149. The van der Waals surface area contributed by atoms with Crippen molar-refractivity contribution in [1.82, 2.24) is 0 Å². The summed E-state index contributed by atoms with van der Waals surface area (Å²) in [5, 5.41) is 11.4. The molecule has 32 heavy (non-hydrogen) atoms. The van der Waals surface area contributed by atoms with Crippen molar-refractivity contribution in [3.8, 4) is 5.75 Å². The van der Waals surface area contributed by atoms with Gasteiger partial charge in [-0.25, -0.2) is 4.79 Å². The Morgan fingerprint density at radius 2 is 1.88 bits per heavy atom. The largest absolute Gasteiger partial charge is 0.490 e. The van der Waals surface area contributed by atoms with Crippen LogP contribution in [0.2, 0.25) is 0 Å². The molecule has 164 valence electrons. The first-order valence-electron chi connectivity index (χ1n) is 10.7. The number of thioether (sulfide) groups is 1. The second-order valence-corrected chi connectivity index (χ2v) is 8.42. The molecule has 1 N–H and O–H groups in total. The minimum Gasteiger partial charge on any atom is -0.490 e. The van der Waals surface area contributed by atoms with Crippen LogP contribution in [0, 0.1) is 0 Å². The average molecular weight is 447 g/mol. The van der Waals surface area contributed by atoms with Gasteiger partial charge in [0.15, 0.2) is 6.10 Å². The lowest BCUT2D eigenvalue weighted by Crippen LogP contribution is -2.26. The third-order valence-electron chi connectivity index (χ3n) is 5.47. The van der Waals surface area contributed by atoms with Crippen molar-refractivity contribution >= 4 is 28.9 Å². The van der Waals surface area contributed by atoms with Crippen LogP contribution in [0.3, 0.4) is 0 Å². The zero-order valence-corrected chi connectivity index (χ0v) is 18.8. The summed E-state index contributed by atoms with van der Waals surface area (Å²) in [6, 6.07) is 16.0. The van der Waals surface area contributed by atoms with Crippen LogP contribution < -0.4 is 4.74 Å². The number of carboxylic acids is 1. The van der Waals surface area contributed by atoms with E-state index in [-0.39, 0.29) is 0 Å². The lowest BCUT2D eigenvalue weighted by atomic mass is 9.95. The molecule has 0 fully saturated rings. The van der Waals surface area contributed by atoms with Gasteiger partial charge in [0.2, 0.25) is 0 Å². The monoisotopic (exact) mass is 446 g/mol. The number of hydrogen-bond donors (Lipinski definition) is 1. The van der Waals surface area contributed by atoms with E-state index in [1.165, 1.54) is 22.3 Å². The molecule has 2 aliphatic rings. The van der Waals surface area contributed by atoms with Gasteiger partial charge in [0.25, 0.3) is 0 Å². The minimum atomic E-state index is -0.944. The Labute approximate surface area is 192 Å². The van der Waals surface area contributed by atoms with Crippen molar-refractivity contribution in [3.05, 3.63) is 101 Å². The molecule has 0 bridgehead atoms. The highest BCUT2D eigenvalue weighted by Gasteiger charge is 2.18. The van der Waals surface area contributed by atoms with E-state index in [0.717, 1.165) is 22.6 Å². The Kier molecular flexibility index (Phi) is 7.30. The summed E-state index contributed by atoms with van der Waals surface area (Å²) in [5.41, 5.74) is 7.19. The van der Waals surface area contributed by atoms with Gasteiger partial charge in [-0.2, -0.15) is 0 Å². The summed E-state index contributed by atoms with van der Waals surface area (Å²) < 4.78 is 11.2. The Morgan fingerprint density at radius 3 is 2.62 bits per heavy atom. The van der Waals surface area contributed by atoms with Crippen LogP contribution in [0.1, 0.15) is 23.6 Å². The van der Waals surface area contributed by atoms with E-state index in [1.807, 2.05) is 36.0 Å². The molecule has 2 aromatic rings. The summed E-state index contributed by atoms with van der Waals surface area (Å²) >= 11 is 1.82. The van der Waals surface area contributed by atoms with Crippen LogP contribution in [0.15, 0.2) is 83.8 Å². The summed E-state index contributed by atoms with van der Waals surface area (Å²) in [4.78, 5) is 11.3. The molecule has 0 aromatic heterocycles. The molecule has 0 saturated carbocycles. The van der Waals surface area contributed by atoms with E-state index in [2.05, 4.69) is 54.0 Å². The number of ether oxygens (including phenoxy) is 2. The maximum absolute atomic E-state index is 11.3. The second kappa shape index (κ2) is 10.5. The zero-order valence-electron chi connectivity index (χ0n) is 18.0. The predicted octanol–water partition coefficient (Wildman–Crippen LogP) is 5.77. The standard InChI is InChI=1S/C27H26O4S/c1-2-30-26(27(28)29)17-19-7-11-22(12-8-19)31-15-13-20-9-10-21-14-16-32-18-25(21)24-6-4-3-5-23(20)24/h3-14,16,26H,2,15,17-18H2,1H3,(H,28,29)/b20-13-. The smallest absolute Gasteiger partial charge is 0.333 e. The van der Waals surface area contributed by atoms with E-state index >= 15 is 0 Å². The van der Waals surface area contributed by atoms with Gasteiger partial charge in [0.1, 0.15) is 12.4 Å². The van der Waals surface area contributed by atoms with E-state index in [0.29, 0.717) is 19.6 Å². The van der Waals surface area contributed by atoms with Crippen molar-refractivity contribution in [2.24, 2.45) is 0 Å². The minimum absolute atomic E-state index is 0.333. The van der Waals surface area contributed by atoms with Gasteiger partial charge >= 0.3 is 5.97 Å². The first-order valence-corrected chi connectivity index (χ1v) is 11.8. The molecule has 0 amide bonds. The Bertz CT molecular complexity index is 1090. The molecular weight excluding hydrogens is 420 g/mol. The molecule has 1 heterocycles. The van der Waals surface area contributed by atoms with E-state index in [1.54, 1.807) is 6.92 Å². The highest BCUT2D eigenvalue weighted by Crippen LogP contribution is 2.37. The molecule has 0 saturated heterocycles. The van der Waals surface area contributed by atoms with Gasteiger partial charge in [0.05, 0.1) is 0 Å². The number of aliphatic carboxylic acids is 1. The molecule has 0 radical (unpaired) electrons. The van der Waals surface area contributed by atoms with Crippen molar-refractivity contribution in [2.75, 3.05) is 19.0 Å². The fourth-order valence-electron chi connectivity index (χ4n) is 3.85. The Morgan fingerprint density at radius 1 is 1.09 bits per heavy atom. The molecular formula is C27H26O4S. The van der Waals surface area contributed by atoms with E-state index in [4.69, 9.17) is 9.47 Å². The average Bonchev–Trinajstić information content (AvgIpc) is 2.97. The number of allylic oxidation sites excluding steroid dienone is 5. The van der Waals surface area contributed by atoms with Crippen LogP contribution in [0.5, 0.6) is 5.75 Å². The fourth-order valence-corrected chi connectivity index (χ4v) is 4.68. The van der Waals surface area contributed by atoms with Crippen molar-refractivity contribution in [2.45, 2.75) is 19.4 Å². The molecule has 1 aliphatic heterocycles. The van der Waals surface area contributed by atoms with Gasteiger partial charge < -0.3 is 14.6 Å². The van der Waals surface area contributed by atoms with E-state index < -0.39 is 12.1 Å². The normalized spacial score (nSPS) is 17.0. The van der Waals surface area contributed by atoms with Crippen LogP contribution in [0.4, 0.5) is 0 Å². The molecule has 5 heteroatoms. The van der Waals surface area contributed by atoms with Gasteiger partial charge in [0, 0.05) is 18.8 Å². The molecule has 1 atom stereocenters. The summed E-state index contributed by atoms with van der Waals surface area (Å²) in [7, 11) is 0. The lowest BCUT2D eigenvalue weighted by Gasteiger charge is -2.15. The fraction of sp³-hybridized carbons (Fsp3) is 0.222. The summed E-state index contributed by atoms with van der Waals surface area (Å²) in [6.45, 7) is 2.61. The highest BCUT2D eigenvalue weighted by atomic mass is 32.2. The van der Waals surface area contributed by atoms with Crippen LogP contribution >= 0.6 is 11.8 Å². The molecule has 4 rings (SSSR count). The van der Waals surface area contributed by atoms with Crippen molar-refractivity contribution in [3.63, 3.8) is 0 Å². The Balaban J connectivity index is 1.44. The highest BCUT2D eigenvalue weighted by molar-refractivity contribution is 8.02. The predicted molar refractivity (Wildman–Crippen MR) is 131 cm³/mol. The first kappa shape index (κ1) is 22.2. The van der Waals surface area contributed by atoms with Crippen LogP contribution in [-0.4, -0.2) is 36.1 Å². The maximum atomic E-state index is 11.3. The summed E-state index contributed by atoms with van der Waals surface area (Å²) in [5.74, 6) is 0.785. The number of benzene rings is 2. The maximum Gasteiger partial charge on any atom is 0.333 e. The number of rotatable bonds is 8. The SMILES string of the molecule is CCOC(Cc1ccc(OC/C=C2/C=CC3=C(CSC=C3)c3ccccc32)cc1)C(=O)O. The molecule has 2 aromatic carbocycles. The van der Waals surface area contributed by atoms with Crippen molar-refractivity contribution in [1.29, 1.82) is 0 Å². The van der Waals surface area contributed by atoms with Gasteiger partial charge in [-0.3, -0.25) is 0 Å². The molecule has 1 aliphatic carbocycles. The van der Waals surface area contributed by atoms with Crippen LogP contribution in [-0.2, 0) is 16.0 Å². The number of hydrogen-bond acceptors (Lipinski definition) is 4. The Hall–Kier alpha value is -3.02. The van der Waals surface area contributed by atoms with Gasteiger partial charge in [-0.1, -0.05) is 48.6 Å². The molecule has 1 unspecified atom stereocenters. The number of fused-ring (bicyclic) bond motifs is 2. The third kappa shape index (κ3) is 5.23. The topological polar surface area (TPSA) is 55.8 Å². The molecule has 4 nitrogen and oxygen atoms in total. The van der Waals surface area contributed by atoms with Crippen LogP contribution in [0.25, 0.3) is 11.1 Å². The quantitative estimate of drug-likeness (QED) is 0.558. The second-order valence-electron chi connectivity index (χ2n) is 7.53. The number of carbonyl (C=O) groups is 1. The third-order valence-corrected chi connectivity index (χ3v) is 6.25. The van der Waals surface area contributed by atoms with Gasteiger partial charge in [-0.05, 0) is 70.0 Å². The zero-order chi connectivity index (χ0) is 22.3. The van der Waals surface area contributed by atoms with Crippen molar-refractivity contribution < 1.29 is 19.4 Å². The van der Waals surface area contributed by atoms with E-state index in [9.17, 15) is 9.90 Å². The first-order chi connectivity index (χ1) is 15.7. The number of carboxylic acid groups (broad SMARTS) is 1. The summed E-state index contributed by atoms with van der Waals surface area (Å²) in [6.07, 6.45) is 8.13.